The fourth-order valence-electron chi connectivity index (χ4n) is 4.18. The monoisotopic (exact) mass is 532 g/mol. The van der Waals surface area contributed by atoms with E-state index in [4.69, 9.17) is 4.74 Å². The molecule has 10 heteroatoms. The molecule has 2 aliphatic heterocycles. The topological polar surface area (TPSA) is 112 Å². The first-order chi connectivity index (χ1) is 15.9. The van der Waals surface area contributed by atoms with Crippen molar-refractivity contribution in [2.75, 3.05) is 17.9 Å². The van der Waals surface area contributed by atoms with E-state index in [0.717, 1.165) is 19.3 Å². The van der Waals surface area contributed by atoms with Crippen LogP contribution in [0.3, 0.4) is 0 Å². The minimum absolute atomic E-state index is 0.0252. The number of para-hydroxylation sites is 1. The maximum Gasteiger partial charge on any atom is 0.262 e. The molecule has 2 heterocycles. The van der Waals surface area contributed by atoms with E-state index in [0.29, 0.717) is 35.5 Å². The number of sulfonamides is 1. The largest absolute Gasteiger partial charge is 0.491 e. The first-order valence-corrected chi connectivity index (χ1v) is 13.1. The SMILES string of the molecule is N#C[C@@H]1CCCN1C(=O)[C@@H]1CC[C@H](COc2cc(S(=O)(=O)Nc3ccccc3)ccc2Br)N1. The van der Waals surface area contributed by atoms with E-state index >= 15 is 0 Å². The van der Waals surface area contributed by atoms with Gasteiger partial charge in [-0.2, -0.15) is 5.26 Å². The number of ether oxygens (including phenoxy) is 1. The van der Waals surface area contributed by atoms with Gasteiger partial charge in [-0.25, -0.2) is 8.42 Å². The van der Waals surface area contributed by atoms with E-state index in [-0.39, 0.29) is 28.9 Å². The van der Waals surface area contributed by atoms with E-state index in [1.165, 1.54) is 12.1 Å². The standard InChI is InChI=1S/C23H25BrN4O4S/c24-20-10-9-19(33(30,31)27-16-5-2-1-3-6-16)13-22(20)32-15-17-8-11-21(26-17)23(29)28-12-4-7-18(28)14-25/h1-3,5-6,9-10,13,17-18,21,26-27H,4,7-8,11-12,15H2/t17-,18+,21+/m1/s1. The molecule has 8 nitrogen and oxygen atoms in total. The van der Waals surface area contributed by atoms with Crippen LogP contribution in [0.1, 0.15) is 25.7 Å². The lowest BCUT2D eigenvalue weighted by Gasteiger charge is -2.24. The van der Waals surface area contributed by atoms with Gasteiger partial charge < -0.3 is 9.64 Å². The van der Waals surface area contributed by atoms with Crippen LogP contribution < -0.4 is 14.8 Å². The number of carbonyl (C=O) groups is 1. The van der Waals surface area contributed by atoms with Crippen molar-refractivity contribution in [3.8, 4) is 11.8 Å². The summed E-state index contributed by atoms with van der Waals surface area (Å²) in [6, 6.07) is 14.8. The van der Waals surface area contributed by atoms with Crippen LogP contribution in [0.25, 0.3) is 0 Å². The second kappa shape index (κ2) is 10.1. The van der Waals surface area contributed by atoms with Crippen LogP contribution >= 0.6 is 15.9 Å². The van der Waals surface area contributed by atoms with Gasteiger partial charge in [-0.15, -0.1) is 0 Å². The third-order valence-electron chi connectivity index (χ3n) is 5.90. The second-order valence-corrected chi connectivity index (χ2v) is 10.7. The number of nitrogens with one attached hydrogen (secondary N) is 2. The van der Waals surface area contributed by atoms with Crippen LogP contribution in [-0.4, -0.2) is 50.5 Å². The Labute approximate surface area is 202 Å². The van der Waals surface area contributed by atoms with Gasteiger partial charge in [0.1, 0.15) is 18.4 Å². The number of hydrogen-bond donors (Lipinski definition) is 2. The lowest BCUT2D eigenvalue weighted by Crippen LogP contribution is -2.47. The normalized spacial score (nSPS) is 22.7. The molecule has 2 aromatic carbocycles. The number of nitrogens with zero attached hydrogens (tertiary/aromatic N) is 2. The maximum absolute atomic E-state index is 12.8. The number of hydrogen-bond acceptors (Lipinski definition) is 6. The molecule has 33 heavy (non-hydrogen) atoms. The minimum Gasteiger partial charge on any atom is -0.491 e. The maximum atomic E-state index is 12.8. The molecule has 2 fully saturated rings. The summed E-state index contributed by atoms with van der Waals surface area (Å²) in [5, 5.41) is 12.6. The number of nitriles is 1. The Morgan fingerprint density at radius 2 is 2.00 bits per heavy atom. The smallest absolute Gasteiger partial charge is 0.262 e. The van der Waals surface area contributed by atoms with Crippen LogP contribution in [0.15, 0.2) is 57.9 Å². The zero-order chi connectivity index (χ0) is 23.4. The molecular weight excluding hydrogens is 508 g/mol. The van der Waals surface area contributed by atoms with Crippen LogP contribution in [0.4, 0.5) is 5.69 Å². The third kappa shape index (κ3) is 5.49. The van der Waals surface area contributed by atoms with E-state index < -0.39 is 10.0 Å². The Balaban J connectivity index is 1.37. The summed E-state index contributed by atoms with van der Waals surface area (Å²) in [5.74, 6) is 0.384. The van der Waals surface area contributed by atoms with Crippen LogP contribution in [0, 0.1) is 11.3 Å². The molecule has 2 aliphatic rings. The predicted molar refractivity (Wildman–Crippen MR) is 127 cm³/mol. The highest BCUT2D eigenvalue weighted by molar-refractivity contribution is 9.10. The highest BCUT2D eigenvalue weighted by Gasteiger charge is 2.37. The molecule has 0 aliphatic carbocycles. The lowest BCUT2D eigenvalue weighted by molar-refractivity contribution is -0.133. The van der Waals surface area contributed by atoms with Crippen molar-refractivity contribution in [2.45, 2.75) is 48.7 Å². The quantitative estimate of drug-likeness (QED) is 0.565. The minimum atomic E-state index is -3.77. The molecule has 2 saturated heterocycles. The Bertz CT molecular complexity index is 1150. The molecule has 0 saturated carbocycles. The van der Waals surface area contributed by atoms with Gasteiger partial charge in [0.2, 0.25) is 5.91 Å². The summed E-state index contributed by atoms with van der Waals surface area (Å²) < 4.78 is 34.6. The Morgan fingerprint density at radius 1 is 1.21 bits per heavy atom. The number of carbonyl (C=O) groups excluding carboxylic acids is 1. The van der Waals surface area contributed by atoms with Gasteiger partial charge in [-0.05, 0) is 65.9 Å². The summed E-state index contributed by atoms with van der Waals surface area (Å²) in [4.78, 5) is 14.5. The Morgan fingerprint density at radius 3 is 2.76 bits per heavy atom. The number of benzene rings is 2. The predicted octanol–water partition coefficient (Wildman–Crippen LogP) is 3.26. The van der Waals surface area contributed by atoms with Crippen LogP contribution in [0.5, 0.6) is 5.75 Å². The lowest BCUT2D eigenvalue weighted by atomic mass is 10.1. The first kappa shape index (κ1) is 23.5. The van der Waals surface area contributed by atoms with E-state index in [1.807, 2.05) is 6.07 Å². The van der Waals surface area contributed by atoms with Crippen molar-refractivity contribution in [3.63, 3.8) is 0 Å². The van der Waals surface area contributed by atoms with Gasteiger partial charge in [0, 0.05) is 24.3 Å². The van der Waals surface area contributed by atoms with Gasteiger partial charge in [-0.3, -0.25) is 14.8 Å². The molecule has 2 aromatic rings. The Hall–Kier alpha value is -2.61. The summed E-state index contributed by atoms with van der Waals surface area (Å²) >= 11 is 3.42. The number of amides is 1. The second-order valence-electron chi connectivity index (χ2n) is 8.19. The summed E-state index contributed by atoms with van der Waals surface area (Å²) in [7, 11) is -3.77. The molecule has 2 N–H and O–H groups in total. The highest BCUT2D eigenvalue weighted by Crippen LogP contribution is 2.30. The van der Waals surface area contributed by atoms with Crippen molar-refractivity contribution >= 4 is 37.5 Å². The van der Waals surface area contributed by atoms with E-state index in [1.54, 1.807) is 35.2 Å². The van der Waals surface area contributed by atoms with Crippen molar-refractivity contribution in [3.05, 3.63) is 53.0 Å². The van der Waals surface area contributed by atoms with Crippen LogP contribution in [-0.2, 0) is 14.8 Å². The summed E-state index contributed by atoms with van der Waals surface area (Å²) in [6.07, 6.45) is 3.02. The average molecular weight is 533 g/mol. The molecule has 0 bridgehead atoms. The van der Waals surface area contributed by atoms with Crippen molar-refractivity contribution < 1.29 is 17.9 Å². The third-order valence-corrected chi connectivity index (χ3v) is 7.94. The summed E-state index contributed by atoms with van der Waals surface area (Å²) in [6.45, 7) is 0.918. The van der Waals surface area contributed by atoms with Crippen molar-refractivity contribution in [1.29, 1.82) is 5.26 Å². The molecular formula is C23H25BrN4O4S. The van der Waals surface area contributed by atoms with Gasteiger partial charge in [0.15, 0.2) is 0 Å². The Kier molecular flexibility index (Phi) is 7.22. The fraction of sp³-hybridized carbons (Fsp3) is 0.391. The van der Waals surface area contributed by atoms with Gasteiger partial charge in [0.25, 0.3) is 10.0 Å². The van der Waals surface area contributed by atoms with Crippen molar-refractivity contribution in [1.82, 2.24) is 10.2 Å². The van der Waals surface area contributed by atoms with Crippen LogP contribution in [0.2, 0.25) is 0 Å². The molecule has 174 valence electrons. The van der Waals surface area contributed by atoms with Gasteiger partial charge >= 0.3 is 0 Å². The highest BCUT2D eigenvalue weighted by atomic mass is 79.9. The molecule has 0 aromatic heterocycles. The zero-order valence-electron chi connectivity index (χ0n) is 17.9. The average Bonchev–Trinajstić information content (AvgIpc) is 3.48. The van der Waals surface area contributed by atoms with Crippen molar-refractivity contribution in [2.24, 2.45) is 0 Å². The molecule has 3 atom stereocenters. The molecule has 0 spiro atoms. The van der Waals surface area contributed by atoms with Gasteiger partial charge in [0.05, 0.1) is 21.5 Å². The number of halogens is 1. The number of anilines is 1. The van der Waals surface area contributed by atoms with Gasteiger partial charge in [-0.1, -0.05) is 18.2 Å². The first-order valence-electron chi connectivity index (χ1n) is 10.8. The molecule has 1 amide bonds. The molecule has 0 radical (unpaired) electrons. The zero-order valence-corrected chi connectivity index (χ0v) is 20.3. The number of rotatable bonds is 7. The number of likely N-dealkylation sites (tertiary alicyclic amines) is 1. The van der Waals surface area contributed by atoms with E-state index in [2.05, 4.69) is 32.0 Å². The van der Waals surface area contributed by atoms with E-state index in [9.17, 15) is 18.5 Å². The molecule has 0 unspecified atom stereocenters. The summed E-state index contributed by atoms with van der Waals surface area (Å²) in [5.41, 5.74) is 0.477. The molecule has 4 rings (SSSR count). The fourth-order valence-corrected chi connectivity index (χ4v) is 5.62.